The van der Waals surface area contributed by atoms with Crippen molar-refractivity contribution in [3.05, 3.63) is 47.4 Å². The summed E-state index contributed by atoms with van der Waals surface area (Å²) >= 11 is 0. The maximum Gasteiger partial charge on any atom is 0.277 e. The van der Waals surface area contributed by atoms with Crippen LogP contribution in [0.15, 0.2) is 28.9 Å². The van der Waals surface area contributed by atoms with Gasteiger partial charge in [0.1, 0.15) is 24.2 Å². The van der Waals surface area contributed by atoms with Crippen molar-refractivity contribution in [2.45, 2.75) is 52.2 Å². The van der Waals surface area contributed by atoms with Crippen molar-refractivity contribution in [3.8, 4) is 0 Å². The molecule has 0 unspecified atom stereocenters. The average molecular weight is 403 g/mol. The Morgan fingerprint density at radius 3 is 2.79 bits per heavy atom. The number of rotatable bonds is 7. The van der Waals surface area contributed by atoms with Gasteiger partial charge in [-0.1, -0.05) is 13.8 Å². The molecule has 2 aromatic rings. The predicted molar refractivity (Wildman–Crippen MR) is 105 cm³/mol. The molecule has 1 saturated heterocycles. The predicted octanol–water partition coefficient (Wildman–Crippen LogP) is 3.76. The molecule has 2 heterocycles. The van der Waals surface area contributed by atoms with Crippen LogP contribution in [0.3, 0.4) is 0 Å². The smallest absolute Gasteiger partial charge is 0.277 e. The van der Waals surface area contributed by atoms with Gasteiger partial charge in [0, 0.05) is 12.3 Å². The largest absolute Gasteiger partial charge is 0.446 e. The Morgan fingerprint density at radius 2 is 2.14 bits per heavy atom. The van der Waals surface area contributed by atoms with E-state index in [1.807, 2.05) is 13.8 Å². The zero-order valence-electron chi connectivity index (χ0n) is 16.8. The molecule has 1 aliphatic heterocycles. The van der Waals surface area contributed by atoms with Crippen molar-refractivity contribution in [2.24, 2.45) is 5.92 Å². The molecule has 8 heteroatoms. The zero-order valence-corrected chi connectivity index (χ0v) is 16.8. The fourth-order valence-corrected chi connectivity index (χ4v) is 3.25. The standard InChI is InChI=1S/C21H26FN3O4/c1-12(2)9-16(24-20(27)18-5-4-8-28-18)21-25-17(11-29-21)19(26)23-15-7-6-14(22)10-13(15)3/h6-7,10-12,16,18H,4-5,8-9H2,1-3H3,(H,23,26)(H,24,27)/t16-,18-/m0/s1. The summed E-state index contributed by atoms with van der Waals surface area (Å²) in [6, 6.07) is 3.65. The van der Waals surface area contributed by atoms with E-state index in [9.17, 15) is 14.0 Å². The van der Waals surface area contributed by atoms with Gasteiger partial charge in [-0.15, -0.1) is 0 Å². The van der Waals surface area contributed by atoms with Gasteiger partial charge < -0.3 is 19.8 Å². The number of anilines is 1. The van der Waals surface area contributed by atoms with Crippen molar-refractivity contribution < 1.29 is 23.1 Å². The van der Waals surface area contributed by atoms with E-state index in [0.29, 0.717) is 30.7 Å². The first-order valence-electron chi connectivity index (χ1n) is 9.78. The van der Waals surface area contributed by atoms with Crippen LogP contribution in [-0.2, 0) is 9.53 Å². The van der Waals surface area contributed by atoms with Crippen molar-refractivity contribution in [1.82, 2.24) is 10.3 Å². The first-order valence-corrected chi connectivity index (χ1v) is 9.78. The summed E-state index contributed by atoms with van der Waals surface area (Å²) in [5, 5.41) is 5.63. The molecular weight excluding hydrogens is 377 g/mol. The molecule has 0 aliphatic carbocycles. The maximum absolute atomic E-state index is 13.2. The first kappa shape index (κ1) is 21.0. The topological polar surface area (TPSA) is 93.5 Å². The summed E-state index contributed by atoms with van der Waals surface area (Å²) in [4.78, 5) is 29.2. The van der Waals surface area contributed by atoms with E-state index in [4.69, 9.17) is 9.15 Å². The number of nitrogens with zero attached hydrogens (tertiary/aromatic N) is 1. The second-order valence-electron chi connectivity index (χ2n) is 7.68. The van der Waals surface area contributed by atoms with Gasteiger partial charge in [0.05, 0.1) is 0 Å². The van der Waals surface area contributed by atoms with E-state index in [1.165, 1.54) is 24.5 Å². The summed E-state index contributed by atoms with van der Waals surface area (Å²) in [5.41, 5.74) is 1.18. The number of ether oxygens (including phenoxy) is 1. The van der Waals surface area contributed by atoms with Gasteiger partial charge in [0.25, 0.3) is 5.91 Å². The van der Waals surface area contributed by atoms with Crippen LogP contribution in [-0.4, -0.2) is 29.5 Å². The molecule has 1 aliphatic rings. The van der Waals surface area contributed by atoms with Crippen LogP contribution in [0.1, 0.15) is 61.1 Å². The number of carbonyl (C=O) groups is 2. The second kappa shape index (κ2) is 9.17. The molecule has 156 valence electrons. The van der Waals surface area contributed by atoms with E-state index in [1.54, 1.807) is 6.92 Å². The Bertz CT molecular complexity index is 875. The minimum absolute atomic E-state index is 0.0869. The monoisotopic (exact) mass is 403 g/mol. The maximum atomic E-state index is 13.2. The third kappa shape index (κ3) is 5.41. The van der Waals surface area contributed by atoms with Crippen LogP contribution in [0.2, 0.25) is 0 Å². The Labute approximate surface area is 169 Å². The molecule has 2 amide bonds. The normalized spacial score (nSPS) is 17.3. The van der Waals surface area contributed by atoms with E-state index in [0.717, 1.165) is 6.42 Å². The molecule has 0 radical (unpaired) electrons. The minimum Gasteiger partial charge on any atom is -0.446 e. The van der Waals surface area contributed by atoms with E-state index >= 15 is 0 Å². The minimum atomic E-state index is -0.469. The number of benzene rings is 1. The fraction of sp³-hybridized carbons (Fsp3) is 0.476. The van der Waals surface area contributed by atoms with Gasteiger partial charge >= 0.3 is 0 Å². The fourth-order valence-electron chi connectivity index (χ4n) is 3.25. The van der Waals surface area contributed by atoms with Gasteiger partial charge in [0.2, 0.25) is 11.8 Å². The zero-order chi connectivity index (χ0) is 21.0. The summed E-state index contributed by atoms with van der Waals surface area (Å²) < 4.78 is 24.2. The van der Waals surface area contributed by atoms with Crippen molar-refractivity contribution in [1.29, 1.82) is 0 Å². The van der Waals surface area contributed by atoms with Gasteiger partial charge in [-0.3, -0.25) is 9.59 Å². The quantitative estimate of drug-likeness (QED) is 0.734. The van der Waals surface area contributed by atoms with Crippen LogP contribution < -0.4 is 10.6 Å². The summed E-state index contributed by atoms with van der Waals surface area (Å²) in [6.07, 6.45) is 2.96. The Kier molecular flexibility index (Phi) is 6.64. The van der Waals surface area contributed by atoms with Gasteiger partial charge in [-0.2, -0.15) is 0 Å². The number of hydrogen-bond donors (Lipinski definition) is 2. The highest BCUT2D eigenvalue weighted by atomic mass is 19.1. The number of nitrogens with one attached hydrogen (secondary N) is 2. The van der Waals surface area contributed by atoms with E-state index in [-0.39, 0.29) is 29.2 Å². The lowest BCUT2D eigenvalue weighted by molar-refractivity contribution is -0.131. The molecule has 1 aromatic carbocycles. The number of hydrogen-bond acceptors (Lipinski definition) is 5. The first-order chi connectivity index (χ1) is 13.8. The van der Waals surface area contributed by atoms with Gasteiger partial charge in [-0.25, -0.2) is 9.37 Å². The lowest BCUT2D eigenvalue weighted by Crippen LogP contribution is -2.37. The average Bonchev–Trinajstić information content (AvgIpc) is 3.35. The molecule has 0 bridgehead atoms. The second-order valence-corrected chi connectivity index (χ2v) is 7.68. The molecule has 2 N–H and O–H groups in total. The van der Waals surface area contributed by atoms with E-state index < -0.39 is 18.1 Å². The number of aryl methyl sites for hydroxylation is 1. The van der Waals surface area contributed by atoms with Gasteiger partial charge in [0.15, 0.2) is 5.69 Å². The van der Waals surface area contributed by atoms with Crippen LogP contribution in [0.25, 0.3) is 0 Å². The van der Waals surface area contributed by atoms with E-state index in [2.05, 4.69) is 15.6 Å². The number of halogens is 1. The summed E-state index contributed by atoms with van der Waals surface area (Å²) in [7, 11) is 0. The SMILES string of the molecule is Cc1cc(F)ccc1NC(=O)c1coc([C@H](CC(C)C)NC(=O)[C@@H]2CCCO2)n1. The van der Waals surface area contributed by atoms with Crippen LogP contribution in [0.5, 0.6) is 0 Å². The van der Waals surface area contributed by atoms with Gasteiger partial charge in [-0.05, 0) is 55.9 Å². The Hall–Kier alpha value is -2.74. The molecule has 1 fully saturated rings. The lowest BCUT2D eigenvalue weighted by atomic mass is 10.0. The van der Waals surface area contributed by atoms with Crippen LogP contribution in [0.4, 0.5) is 10.1 Å². The summed E-state index contributed by atoms with van der Waals surface area (Å²) in [6.45, 7) is 6.34. The number of aromatic nitrogens is 1. The molecule has 3 rings (SSSR count). The Balaban J connectivity index is 1.71. The highest BCUT2D eigenvalue weighted by Crippen LogP contribution is 2.23. The molecule has 1 aromatic heterocycles. The molecule has 0 spiro atoms. The third-order valence-electron chi connectivity index (χ3n) is 4.74. The van der Waals surface area contributed by atoms with Crippen molar-refractivity contribution in [3.63, 3.8) is 0 Å². The van der Waals surface area contributed by atoms with Crippen LogP contribution in [0, 0.1) is 18.7 Å². The van der Waals surface area contributed by atoms with Crippen molar-refractivity contribution >= 4 is 17.5 Å². The molecule has 2 atom stereocenters. The number of amides is 2. The molecular formula is C21H26FN3O4. The highest BCUT2D eigenvalue weighted by molar-refractivity contribution is 6.03. The number of carbonyl (C=O) groups excluding carboxylic acids is 2. The van der Waals surface area contributed by atoms with Crippen molar-refractivity contribution in [2.75, 3.05) is 11.9 Å². The summed E-state index contributed by atoms with van der Waals surface area (Å²) in [5.74, 6) is -0.493. The number of oxazole rings is 1. The lowest BCUT2D eigenvalue weighted by Gasteiger charge is -2.19. The van der Waals surface area contributed by atoms with Crippen LogP contribution >= 0.6 is 0 Å². The molecule has 0 saturated carbocycles. The highest BCUT2D eigenvalue weighted by Gasteiger charge is 2.29. The molecule has 29 heavy (non-hydrogen) atoms. The third-order valence-corrected chi connectivity index (χ3v) is 4.74. The Morgan fingerprint density at radius 1 is 1.34 bits per heavy atom. The molecule has 7 nitrogen and oxygen atoms in total.